The maximum atomic E-state index is 12.6. The van der Waals surface area contributed by atoms with Crippen LogP contribution in [-0.4, -0.2) is 34.4 Å². The van der Waals surface area contributed by atoms with E-state index in [2.05, 4.69) is 15.3 Å². The molecule has 0 spiro atoms. The maximum absolute atomic E-state index is 12.6. The average Bonchev–Trinajstić information content (AvgIpc) is 3.05. The molecule has 1 unspecified atom stereocenters. The number of hydrogen-bond acceptors (Lipinski definition) is 3. The van der Waals surface area contributed by atoms with Crippen LogP contribution in [0.2, 0.25) is 0 Å². The fraction of sp³-hybridized carbons (Fsp3) is 0.312. The van der Waals surface area contributed by atoms with Gasteiger partial charge in [-0.05, 0) is 31.9 Å². The third-order valence-electron chi connectivity index (χ3n) is 3.83. The molecule has 1 aromatic heterocycles. The van der Waals surface area contributed by atoms with Gasteiger partial charge in [0.1, 0.15) is 11.7 Å². The van der Waals surface area contributed by atoms with Crippen molar-refractivity contribution in [3.8, 4) is 0 Å². The van der Waals surface area contributed by atoms with Crippen molar-refractivity contribution in [3.05, 3.63) is 48.0 Å². The number of amides is 2. The van der Waals surface area contributed by atoms with Crippen molar-refractivity contribution in [1.82, 2.24) is 15.3 Å². The average molecular weight is 298 g/mol. The van der Waals surface area contributed by atoms with Crippen molar-refractivity contribution >= 4 is 17.5 Å². The van der Waals surface area contributed by atoms with E-state index in [9.17, 15) is 9.59 Å². The van der Waals surface area contributed by atoms with Crippen LogP contribution in [0.4, 0.5) is 5.69 Å². The first-order valence-electron chi connectivity index (χ1n) is 7.32. The number of imidazole rings is 1. The summed E-state index contributed by atoms with van der Waals surface area (Å²) in [5.41, 5.74) is 2.38. The van der Waals surface area contributed by atoms with Gasteiger partial charge in [0.25, 0.3) is 5.91 Å². The van der Waals surface area contributed by atoms with E-state index in [4.69, 9.17) is 0 Å². The van der Waals surface area contributed by atoms with E-state index >= 15 is 0 Å². The van der Waals surface area contributed by atoms with E-state index < -0.39 is 6.04 Å². The minimum absolute atomic E-state index is 0.0667. The van der Waals surface area contributed by atoms with Gasteiger partial charge < -0.3 is 15.2 Å². The zero-order valence-corrected chi connectivity index (χ0v) is 12.4. The Kier molecular flexibility index (Phi) is 3.91. The first-order chi connectivity index (χ1) is 10.6. The molecule has 1 atom stereocenters. The molecule has 3 rings (SSSR count). The van der Waals surface area contributed by atoms with E-state index in [0.717, 1.165) is 17.7 Å². The van der Waals surface area contributed by atoms with Crippen LogP contribution in [0.15, 0.2) is 36.8 Å². The molecule has 114 valence electrons. The summed E-state index contributed by atoms with van der Waals surface area (Å²) in [4.78, 5) is 32.9. The van der Waals surface area contributed by atoms with Crippen LogP contribution in [0, 0.1) is 6.92 Å². The second-order valence-corrected chi connectivity index (χ2v) is 5.46. The zero-order valence-electron chi connectivity index (χ0n) is 12.4. The highest BCUT2D eigenvalue weighted by molar-refractivity contribution is 6.02. The Balaban J connectivity index is 1.72. The summed E-state index contributed by atoms with van der Waals surface area (Å²) in [6.07, 6.45) is 4.39. The number of hydrogen-bond donors (Lipinski definition) is 2. The van der Waals surface area contributed by atoms with Gasteiger partial charge in [0.2, 0.25) is 5.91 Å². The molecule has 0 bridgehead atoms. The van der Waals surface area contributed by atoms with Gasteiger partial charge in [-0.2, -0.15) is 0 Å². The molecule has 1 aliphatic heterocycles. The van der Waals surface area contributed by atoms with Gasteiger partial charge >= 0.3 is 0 Å². The predicted octanol–water partition coefficient (Wildman–Crippen LogP) is 1.64. The summed E-state index contributed by atoms with van der Waals surface area (Å²) in [7, 11) is 0. The van der Waals surface area contributed by atoms with Crippen molar-refractivity contribution in [2.45, 2.75) is 25.8 Å². The first kappa shape index (κ1) is 14.3. The van der Waals surface area contributed by atoms with Crippen LogP contribution in [0.3, 0.4) is 0 Å². The zero-order chi connectivity index (χ0) is 15.5. The standard InChI is InChI=1S/C16H18N4O2/c1-11-4-6-12(7-5-11)20-8-2-3-13(16(20)22)19-15(21)14-9-17-10-18-14/h4-7,9-10,13H,2-3,8H2,1H3,(H,17,18)(H,19,21). The summed E-state index contributed by atoms with van der Waals surface area (Å²) in [5, 5.41) is 2.78. The van der Waals surface area contributed by atoms with E-state index in [1.807, 2.05) is 31.2 Å². The Morgan fingerprint density at radius 3 is 2.82 bits per heavy atom. The lowest BCUT2D eigenvalue weighted by Gasteiger charge is -2.32. The number of benzene rings is 1. The predicted molar refractivity (Wildman–Crippen MR) is 82.6 cm³/mol. The van der Waals surface area contributed by atoms with Gasteiger partial charge in [0.05, 0.1) is 12.5 Å². The minimum atomic E-state index is -0.495. The second-order valence-electron chi connectivity index (χ2n) is 5.46. The van der Waals surface area contributed by atoms with Crippen LogP contribution in [0.1, 0.15) is 28.9 Å². The number of aryl methyl sites for hydroxylation is 1. The summed E-state index contributed by atoms with van der Waals surface area (Å²) in [6.45, 7) is 2.69. The third kappa shape index (κ3) is 2.86. The molecule has 1 aromatic carbocycles. The summed E-state index contributed by atoms with van der Waals surface area (Å²) >= 11 is 0. The van der Waals surface area contributed by atoms with Crippen LogP contribution in [0.5, 0.6) is 0 Å². The number of anilines is 1. The van der Waals surface area contributed by atoms with E-state index in [1.54, 1.807) is 4.90 Å². The van der Waals surface area contributed by atoms with Gasteiger partial charge in [-0.25, -0.2) is 4.98 Å². The number of aromatic amines is 1. The highest BCUT2D eigenvalue weighted by atomic mass is 16.2. The number of aromatic nitrogens is 2. The highest BCUT2D eigenvalue weighted by Crippen LogP contribution is 2.21. The SMILES string of the molecule is Cc1ccc(N2CCCC(NC(=O)c3cnc[nH]3)C2=O)cc1. The molecule has 0 saturated carbocycles. The number of piperidine rings is 1. The molecule has 2 heterocycles. The first-order valence-corrected chi connectivity index (χ1v) is 7.32. The Bertz CT molecular complexity index is 664. The van der Waals surface area contributed by atoms with Crippen molar-refractivity contribution in [2.75, 3.05) is 11.4 Å². The van der Waals surface area contributed by atoms with Gasteiger partial charge in [-0.3, -0.25) is 9.59 Å². The van der Waals surface area contributed by atoms with Crippen LogP contribution >= 0.6 is 0 Å². The molecule has 1 fully saturated rings. The third-order valence-corrected chi connectivity index (χ3v) is 3.83. The number of nitrogens with zero attached hydrogens (tertiary/aromatic N) is 2. The molecule has 0 aliphatic carbocycles. The molecule has 0 radical (unpaired) electrons. The molecule has 1 saturated heterocycles. The number of carbonyl (C=O) groups is 2. The fourth-order valence-electron chi connectivity index (χ4n) is 2.61. The number of nitrogens with one attached hydrogen (secondary N) is 2. The normalized spacial score (nSPS) is 18.3. The lowest BCUT2D eigenvalue weighted by molar-refractivity contribution is -0.121. The van der Waals surface area contributed by atoms with E-state index in [0.29, 0.717) is 18.7 Å². The van der Waals surface area contributed by atoms with E-state index in [-0.39, 0.29) is 11.8 Å². The Morgan fingerprint density at radius 2 is 2.14 bits per heavy atom. The largest absolute Gasteiger partial charge is 0.341 e. The molecule has 2 aromatic rings. The number of rotatable bonds is 3. The molecule has 1 aliphatic rings. The number of H-pyrrole nitrogens is 1. The lowest BCUT2D eigenvalue weighted by Crippen LogP contribution is -2.52. The van der Waals surface area contributed by atoms with Crippen molar-refractivity contribution < 1.29 is 9.59 Å². The van der Waals surface area contributed by atoms with Crippen molar-refractivity contribution in [2.24, 2.45) is 0 Å². The van der Waals surface area contributed by atoms with Crippen LogP contribution in [-0.2, 0) is 4.79 Å². The van der Waals surface area contributed by atoms with E-state index in [1.165, 1.54) is 12.5 Å². The minimum Gasteiger partial charge on any atom is -0.341 e. The topological polar surface area (TPSA) is 78.1 Å². The molecular weight excluding hydrogens is 280 g/mol. The Hall–Kier alpha value is -2.63. The monoisotopic (exact) mass is 298 g/mol. The molecule has 22 heavy (non-hydrogen) atoms. The van der Waals surface area contributed by atoms with Gasteiger partial charge in [-0.1, -0.05) is 17.7 Å². The van der Waals surface area contributed by atoms with Gasteiger partial charge in [0, 0.05) is 12.2 Å². The van der Waals surface area contributed by atoms with Crippen molar-refractivity contribution in [3.63, 3.8) is 0 Å². The van der Waals surface area contributed by atoms with Crippen LogP contribution < -0.4 is 10.2 Å². The smallest absolute Gasteiger partial charge is 0.269 e. The van der Waals surface area contributed by atoms with Crippen LogP contribution in [0.25, 0.3) is 0 Å². The lowest BCUT2D eigenvalue weighted by atomic mass is 10.0. The summed E-state index contributed by atoms with van der Waals surface area (Å²) in [6, 6.07) is 7.34. The second kappa shape index (κ2) is 6.01. The molecule has 6 nitrogen and oxygen atoms in total. The Labute approximate surface area is 128 Å². The van der Waals surface area contributed by atoms with Gasteiger partial charge in [-0.15, -0.1) is 0 Å². The van der Waals surface area contributed by atoms with Crippen molar-refractivity contribution in [1.29, 1.82) is 0 Å². The molecule has 6 heteroatoms. The summed E-state index contributed by atoms with van der Waals surface area (Å²) in [5.74, 6) is -0.371. The molecule has 2 amide bonds. The summed E-state index contributed by atoms with van der Waals surface area (Å²) < 4.78 is 0. The molecule has 2 N–H and O–H groups in total. The fourth-order valence-corrected chi connectivity index (χ4v) is 2.61. The molecular formula is C16H18N4O2. The maximum Gasteiger partial charge on any atom is 0.269 e. The van der Waals surface area contributed by atoms with Gasteiger partial charge in [0.15, 0.2) is 0 Å². The quantitative estimate of drug-likeness (QED) is 0.904. The Morgan fingerprint density at radius 1 is 1.36 bits per heavy atom. The number of carbonyl (C=O) groups excluding carboxylic acids is 2. The highest BCUT2D eigenvalue weighted by Gasteiger charge is 2.31.